The predicted molar refractivity (Wildman–Crippen MR) is 73.5 cm³/mol. The molecule has 2 N–H and O–H groups in total. The van der Waals surface area contributed by atoms with Crippen LogP contribution < -0.4 is 4.90 Å². The number of nitrogens with zero attached hydrogens (tertiary/aromatic N) is 2. The molecule has 0 aliphatic rings. The number of pyridine rings is 1. The monoisotopic (exact) mass is 260 g/mol. The Morgan fingerprint density at radius 2 is 2.16 bits per heavy atom. The van der Waals surface area contributed by atoms with Crippen LogP contribution in [0.5, 0.6) is 5.75 Å². The lowest BCUT2D eigenvalue weighted by Gasteiger charge is -2.25. The standard InChI is InChI=1S/C14H16N2O3/c1-3-12(14(18)19)16(2)13-11-8-10(17)5-4-9(11)6-7-15-13/h4-8,12,17H,3H2,1-2H3,(H,18,19). The van der Waals surface area contributed by atoms with E-state index in [1.54, 1.807) is 36.3 Å². The van der Waals surface area contributed by atoms with E-state index in [0.29, 0.717) is 12.2 Å². The molecule has 5 heteroatoms. The number of aliphatic carboxylic acids is 1. The molecule has 1 heterocycles. The van der Waals surface area contributed by atoms with Crippen molar-refractivity contribution in [1.82, 2.24) is 4.98 Å². The van der Waals surface area contributed by atoms with E-state index in [9.17, 15) is 15.0 Å². The van der Waals surface area contributed by atoms with Gasteiger partial charge in [0.1, 0.15) is 17.6 Å². The molecule has 0 saturated carbocycles. The van der Waals surface area contributed by atoms with Gasteiger partial charge in [-0.3, -0.25) is 0 Å². The highest BCUT2D eigenvalue weighted by molar-refractivity contribution is 5.94. The van der Waals surface area contributed by atoms with Gasteiger partial charge < -0.3 is 15.1 Å². The van der Waals surface area contributed by atoms with E-state index in [1.165, 1.54) is 0 Å². The Labute approximate surface area is 111 Å². The van der Waals surface area contributed by atoms with Crippen LogP contribution in [0.2, 0.25) is 0 Å². The number of hydrogen-bond donors (Lipinski definition) is 2. The van der Waals surface area contributed by atoms with Gasteiger partial charge in [0.05, 0.1) is 0 Å². The first-order chi connectivity index (χ1) is 9.04. The number of phenolic OH excluding ortho intramolecular Hbond substituents is 1. The number of benzene rings is 1. The molecular weight excluding hydrogens is 244 g/mol. The van der Waals surface area contributed by atoms with Crippen molar-refractivity contribution in [3.63, 3.8) is 0 Å². The number of aromatic nitrogens is 1. The molecule has 2 rings (SSSR count). The van der Waals surface area contributed by atoms with Crippen molar-refractivity contribution in [2.24, 2.45) is 0 Å². The Balaban J connectivity index is 2.55. The van der Waals surface area contributed by atoms with Crippen LogP contribution >= 0.6 is 0 Å². The van der Waals surface area contributed by atoms with Gasteiger partial charge in [-0.05, 0) is 30.0 Å². The molecule has 100 valence electrons. The molecule has 0 fully saturated rings. The van der Waals surface area contributed by atoms with Crippen LogP contribution in [0.15, 0.2) is 30.5 Å². The molecule has 2 aromatic rings. The smallest absolute Gasteiger partial charge is 0.326 e. The number of carbonyl (C=O) groups is 1. The van der Waals surface area contributed by atoms with Crippen molar-refractivity contribution in [2.75, 3.05) is 11.9 Å². The highest BCUT2D eigenvalue weighted by Gasteiger charge is 2.22. The zero-order valence-corrected chi connectivity index (χ0v) is 10.9. The average molecular weight is 260 g/mol. The van der Waals surface area contributed by atoms with E-state index in [0.717, 1.165) is 10.8 Å². The Bertz CT molecular complexity index is 613. The number of anilines is 1. The topological polar surface area (TPSA) is 73.7 Å². The number of hydrogen-bond acceptors (Lipinski definition) is 4. The lowest BCUT2D eigenvalue weighted by Crippen LogP contribution is -2.38. The van der Waals surface area contributed by atoms with Crippen LogP contribution in [-0.4, -0.2) is 34.3 Å². The SMILES string of the molecule is CCC(C(=O)O)N(C)c1nccc2ccc(O)cc12. The number of carboxylic acids is 1. The van der Waals surface area contributed by atoms with Crippen LogP contribution in [0.1, 0.15) is 13.3 Å². The first kappa shape index (κ1) is 13.1. The van der Waals surface area contributed by atoms with Gasteiger partial charge in [-0.1, -0.05) is 13.0 Å². The van der Waals surface area contributed by atoms with Gasteiger partial charge in [0.15, 0.2) is 0 Å². The van der Waals surface area contributed by atoms with Gasteiger partial charge in [0, 0.05) is 18.6 Å². The van der Waals surface area contributed by atoms with Gasteiger partial charge in [0.2, 0.25) is 0 Å². The fourth-order valence-corrected chi connectivity index (χ4v) is 2.18. The molecule has 0 aliphatic carbocycles. The fraction of sp³-hybridized carbons (Fsp3) is 0.286. The van der Waals surface area contributed by atoms with Crippen molar-refractivity contribution < 1.29 is 15.0 Å². The molecule has 0 amide bonds. The van der Waals surface area contributed by atoms with E-state index in [-0.39, 0.29) is 5.75 Å². The molecule has 1 aromatic carbocycles. The number of carboxylic acid groups (broad SMARTS) is 1. The normalized spacial score (nSPS) is 12.3. The summed E-state index contributed by atoms with van der Waals surface area (Å²) in [5.74, 6) is -0.190. The summed E-state index contributed by atoms with van der Waals surface area (Å²) >= 11 is 0. The van der Waals surface area contributed by atoms with Crippen molar-refractivity contribution >= 4 is 22.6 Å². The second-order valence-corrected chi connectivity index (χ2v) is 4.41. The molecule has 0 spiro atoms. The van der Waals surface area contributed by atoms with Crippen LogP contribution in [0.4, 0.5) is 5.82 Å². The first-order valence-electron chi connectivity index (χ1n) is 6.08. The fourth-order valence-electron chi connectivity index (χ4n) is 2.18. The summed E-state index contributed by atoms with van der Waals surface area (Å²) in [5.41, 5.74) is 0. The quantitative estimate of drug-likeness (QED) is 0.882. The van der Waals surface area contributed by atoms with Crippen molar-refractivity contribution in [3.8, 4) is 5.75 Å². The maximum Gasteiger partial charge on any atom is 0.326 e. The Kier molecular flexibility index (Phi) is 3.55. The van der Waals surface area contributed by atoms with Crippen LogP contribution in [-0.2, 0) is 4.79 Å². The Hall–Kier alpha value is -2.30. The van der Waals surface area contributed by atoms with E-state index in [4.69, 9.17) is 0 Å². The minimum atomic E-state index is -0.885. The molecule has 1 unspecified atom stereocenters. The summed E-state index contributed by atoms with van der Waals surface area (Å²) in [4.78, 5) is 17.1. The molecular formula is C14H16N2O3. The molecule has 0 aliphatic heterocycles. The second-order valence-electron chi connectivity index (χ2n) is 4.41. The number of aromatic hydroxyl groups is 1. The summed E-state index contributed by atoms with van der Waals surface area (Å²) in [7, 11) is 1.70. The second kappa shape index (κ2) is 5.14. The van der Waals surface area contributed by atoms with Gasteiger partial charge >= 0.3 is 5.97 Å². The van der Waals surface area contributed by atoms with Crippen LogP contribution in [0.25, 0.3) is 10.8 Å². The number of fused-ring (bicyclic) bond motifs is 1. The Morgan fingerprint density at radius 3 is 2.79 bits per heavy atom. The van der Waals surface area contributed by atoms with Crippen molar-refractivity contribution in [3.05, 3.63) is 30.5 Å². The van der Waals surface area contributed by atoms with Crippen molar-refractivity contribution in [2.45, 2.75) is 19.4 Å². The van der Waals surface area contributed by atoms with Gasteiger partial charge in [-0.15, -0.1) is 0 Å². The highest BCUT2D eigenvalue weighted by Crippen LogP contribution is 2.28. The maximum absolute atomic E-state index is 11.2. The lowest BCUT2D eigenvalue weighted by atomic mass is 10.1. The lowest BCUT2D eigenvalue weighted by molar-refractivity contribution is -0.138. The molecule has 0 bridgehead atoms. The van der Waals surface area contributed by atoms with Crippen LogP contribution in [0, 0.1) is 0 Å². The third-order valence-corrected chi connectivity index (χ3v) is 3.20. The maximum atomic E-state index is 11.2. The zero-order valence-electron chi connectivity index (χ0n) is 10.9. The van der Waals surface area contributed by atoms with Crippen LogP contribution in [0.3, 0.4) is 0 Å². The summed E-state index contributed by atoms with van der Waals surface area (Å²) in [6.07, 6.45) is 2.11. The van der Waals surface area contributed by atoms with Gasteiger partial charge in [0.25, 0.3) is 0 Å². The molecule has 0 radical (unpaired) electrons. The third-order valence-electron chi connectivity index (χ3n) is 3.20. The zero-order chi connectivity index (χ0) is 14.0. The van der Waals surface area contributed by atoms with E-state index in [1.807, 2.05) is 13.0 Å². The van der Waals surface area contributed by atoms with E-state index < -0.39 is 12.0 Å². The van der Waals surface area contributed by atoms with E-state index >= 15 is 0 Å². The van der Waals surface area contributed by atoms with Gasteiger partial charge in [-0.2, -0.15) is 0 Å². The number of rotatable bonds is 4. The molecule has 0 saturated heterocycles. The predicted octanol–water partition coefficient (Wildman–Crippen LogP) is 2.24. The molecule has 1 atom stereocenters. The first-order valence-corrected chi connectivity index (χ1v) is 6.08. The minimum Gasteiger partial charge on any atom is -0.508 e. The summed E-state index contributed by atoms with van der Waals surface area (Å²) < 4.78 is 0. The molecule has 5 nitrogen and oxygen atoms in total. The number of likely N-dealkylation sites (N-methyl/N-ethyl adjacent to an activating group) is 1. The van der Waals surface area contributed by atoms with Crippen molar-refractivity contribution in [1.29, 1.82) is 0 Å². The van der Waals surface area contributed by atoms with Gasteiger partial charge in [-0.25, -0.2) is 9.78 Å². The average Bonchev–Trinajstić information content (AvgIpc) is 2.38. The molecule has 1 aromatic heterocycles. The largest absolute Gasteiger partial charge is 0.508 e. The highest BCUT2D eigenvalue weighted by atomic mass is 16.4. The number of phenols is 1. The minimum absolute atomic E-state index is 0.138. The third kappa shape index (κ3) is 2.45. The summed E-state index contributed by atoms with van der Waals surface area (Å²) in [5, 5.41) is 20.4. The Morgan fingerprint density at radius 1 is 1.42 bits per heavy atom. The molecule has 19 heavy (non-hydrogen) atoms. The van der Waals surface area contributed by atoms with E-state index in [2.05, 4.69) is 4.98 Å². The summed E-state index contributed by atoms with van der Waals surface area (Å²) in [6.45, 7) is 1.82. The summed E-state index contributed by atoms with van der Waals surface area (Å²) in [6, 6.07) is 6.17.